The number of rotatable bonds is 5. The van der Waals surface area contributed by atoms with E-state index in [-0.39, 0.29) is 4.90 Å². The molecular weight excluding hydrogens is 288 g/mol. The molecule has 0 amide bonds. The van der Waals surface area contributed by atoms with Crippen molar-refractivity contribution in [1.29, 1.82) is 0 Å². The van der Waals surface area contributed by atoms with Crippen molar-refractivity contribution in [3.63, 3.8) is 0 Å². The van der Waals surface area contributed by atoms with Crippen LogP contribution in [0.3, 0.4) is 0 Å². The van der Waals surface area contributed by atoms with Crippen LogP contribution < -0.4 is 5.32 Å². The second kappa shape index (κ2) is 5.87. The van der Waals surface area contributed by atoms with Gasteiger partial charge in [0.25, 0.3) is 0 Å². The zero-order valence-electron chi connectivity index (χ0n) is 12.6. The number of aromatic nitrogens is 2. The lowest BCUT2D eigenvalue weighted by molar-refractivity contribution is 0.521. The SMILES string of the molecule is Cc1n[nH]c(C)c1CNc1ccc(S(=O)(=O)N(C)C)cc1. The standard InChI is InChI=1S/C14H20N4O2S/c1-10-14(11(2)17-16-10)9-15-12-5-7-13(8-6-12)21(19,20)18(3)4/h5-8,15H,9H2,1-4H3,(H,16,17). The van der Waals surface area contributed by atoms with Crippen molar-refractivity contribution in [3.8, 4) is 0 Å². The van der Waals surface area contributed by atoms with Gasteiger partial charge < -0.3 is 5.32 Å². The Kier molecular flexibility index (Phi) is 4.34. The Labute approximate surface area is 125 Å². The number of benzene rings is 1. The Balaban J connectivity index is 2.10. The lowest BCUT2D eigenvalue weighted by Gasteiger charge is -2.12. The van der Waals surface area contributed by atoms with Gasteiger partial charge in [-0.1, -0.05) is 0 Å². The largest absolute Gasteiger partial charge is 0.381 e. The number of nitrogens with one attached hydrogen (secondary N) is 2. The fraction of sp³-hybridized carbons (Fsp3) is 0.357. The lowest BCUT2D eigenvalue weighted by atomic mass is 10.2. The molecule has 7 heteroatoms. The van der Waals surface area contributed by atoms with Gasteiger partial charge in [0.2, 0.25) is 10.0 Å². The second-order valence-corrected chi connectivity index (χ2v) is 7.23. The zero-order chi connectivity index (χ0) is 15.6. The quantitative estimate of drug-likeness (QED) is 0.884. The van der Waals surface area contributed by atoms with Crippen LogP contribution in [0.1, 0.15) is 17.0 Å². The minimum Gasteiger partial charge on any atom is -0.381 e. The number of hydrogen-bond donors (Lipinski definition) is 2. The highest BCUT2D eigenvalue weighted by Gasteiger charge is 2.16. The molecule has 0 spiro atoms. The number of nitrogens with zero attached hydrogens (tertiary/aromatic N) is 2. The predicted molar refractivity (Wildman–Crippen MR) is 82.7 cm³/mol. The summed E-state index contributed by atoms with van der Waals surface area (Å²) in [5, 5.41) is 10.4. The predicted octanol–water partition coefficient (Wildman–Crippen LogP) is 1.89. The van der Waals surface area contributed by atoms with Crippen molar-refractivity contribution in [2.75, 3.05) is 19.4 Å². The molecule has 2 rings (SSSR count). The molecule has 0 saturated heterocycles. The Morgan fingerprint density at radius 3 is 2.29 bits per heavy atom. The minimum absolute atomic E-state index is 0.286. The van der Waals surface area contributed by atoms with Crippen LogP contribution in [-0.4, -0.2) is 37.0 Å². The van der Waals surface area contributed by atoms with Gasteiger partial charge in [-0.2, -0.15) is 5.10 Å². The third-order valence-electron chi connectivity index (χ3n) is 3.38. The third kappa shape index (κ3) is 3.25. The summed E-state index contributed by atoms with van der Waals surface area (Å²) in [5.74, 6) is 0. The summed E-state index contributed by atoms with van der Waals surface area (Å²) < 4.78 is 25.1. The van der Waals surface area contributed by atoms with Gasteiger partial charge in [-0.25, -0.2) is 12.7 Å². The maximum absolute atomic E-state index is 12.0. The van der Waals surface area contributed by atoms with Crippen LogP contribution in [0.25, 0.3) is 0 Å². The Bertz CT molecular complexity index is 698. The van der Waals surface area contributed by atoms with Crippen LogP contribution in [0.5, 0.6) is 0 Å². The van der Waals surface area contributed by atoms with Crippen LogP contribution in [0.15, 0.2) is 29.2 Å². The number of aromatic amines is 1. The molecule has 2 N–H and O–H groups in total. The first-order valence-electron chi connectivity index (χ1n) is 6.59. The minimum atomic E-state index is -3.37. The molecular formula is C14H20N4O2S. The molecule has 0 saturated carbocycles. The van der Waals surface area contributed by atoms with Gasteiger partial charge in [-0.3, -0.25) is 5.10 Å². The summed E-state index contributed by atoms with van der Waals surface area (Å²) in [5.41, 5.74) is 3.99. The van der Waals surface area contributed by atoms with E-state index in [1.54, 1.807) is 24.3 Å². The molecule has 1 aromatic carbocycles. The number of anilines is 1. The Morgan fingerprint density at radius 2 is 1.81 bits per heavy atom. The van der Waals surface area contributed by atoms with E-state index in [9.17, 15) is 8.42 Å². The first-order valence-corrected chi connectivity index (χ1v) is 8.03. The lowest BCUT2D eigenvalue weighted by Crippen LogP contribution is -2.22. The number of H-pyrrole nitrogens is 1. The van der Waals surface area contributed by atoms with E-state index in [2.05, 4.69) is 15.5 Å². The molecule has 0 unspecified atom stereocenters. The summed E-state index contributed by atoms with van der Waals surface area (Å²) in [7, 11) is -0.335. The topological polar surface area (TPSA) is 78.1 Å². The molecule has 0 aliphatic rings. The van der Waals surface area contributed by atoms with E-state index < -0.39 is 10.0 Å². The molecule has 2 aromatic rings. The van der Waals surface area contributed by atoms with Gasteiger partial charge in [-0.05, 0) is 38.1 Å². The maximum Gasteiger partial charge on any atom is 0.242 e. The first kappa shape index (κ1) is 15.5. The fourth-order valence-electron chi connectivity index (χ4n) is 1.98. The summed E-state index contributed by atoms with van der Waals surface area (Å²) in [6.45, 7) is 4.57. The van der Waals surface area contributed by atoms with Gasteiger partial charge >= 0.3 is 0 Å². The molecule has 0 aliphatic carbocycles. The van der Waals surface area contributed by atoms with E-state index in [0.29, 0.717) is 6.54 Å². The average Bonchev–Trinajstić information content (AvgIpc) is 2.76. The Hall–Kier alpha value is -1.86. The summed E-state index contributed by atoms with van der Waals surface area (Å²) >= 11 is 0. The Morgan fingerprint density at radius 1 is 1.19 bits per heavy atom. The van der Waals surface area contributed by atoms with E-state index in [1.807, 2.05) is 13.8 Å². The van der Waals surface area contributed by atoms with Gasteiger partial charge in [0.1, 0.15) is 0 Å². The molecule has 0 atom stereocenters. The van der Waals surface area contributed by atoms with E-state index in [4.69, 9.17) is 0 Å². The van der Waals surface area contributed by atoms with Crippen molar-refractivity contribution in [1.82, 2.24) is 14.5 Å². The van der Waals surface area contributed by atoms with Gasteiger partial charge in [0.15, 0.2) is 0 Å². The molecule has 0 radical (unpaired) electrons. The maximum atomic E-state index is 12.0. The molecule has 6 nitrogen and oxygen atoms in total. The van der Waals surface area contributed by atoms with Crippen molar-refractivity contribution >= 4 is 15.7 Å². The van der Waals surface area contributed by atoms with E-state index >= 15 is 0 Å². The van der Waals surface area contributed by atoms with Crippen LogP contribution in [-0.2, 0) is 16.6 Å². The molecule has 114 valence electrons. The molecule has 1 heterocycles. The van der Waals surface area contributed by atoms with Crippen LogP contribution in [0, 0.1) is 13.8 Å². The summed E-state index contributed by atoms with van der Waals surface area (Å²) in [4.78, 5) is 0.286. The molecule has 1 aromatic heterocycles. The van der Waals surface area contributed by atoms with E-state index in [0.717, 1.165) is 22.6 Å². The number of aryl methyl sites for hydroxylation is 2. The van der Waals surface area contributed by atoms with Crippen LogP contribution in [0.4, 0.5) is 5.69 Å². The van der Waals surface area contributed by atoms with Crippen molar-refractivity contribution in [2.24, 2.45) is 0 Å². The van der Waals surface area contributed by atoms with Crippen LogP contribution >= 0.6 is 0 Å². The normalized spacial score (nSPS) is 11.9. The molecule has 0 fully saturated rings. The van der Waals surface area contributed by atoms with Crippen LogP contribution in [0.2, 0.25) is 0 Å². The summed E-state index contributed by atoms with van der Waals surface area (Å²) in [6, 6.07) is 6.74. The average molecular weight is 308 g/mol. The number of sulfonamides is 1. The smallest absolute Gasteiger partial charge is 0.242 e. The fourth-order valence-corrected chi connectivity index (χ4v) is 2.88. The molecule has 21 heavy (non-hydrogen) atoms. The molecule has 0 aliphatic heterocycles. The molecule has 0 bridgehead atoms. The zero-order valence-corrected chi connectivity index (χ0v) is 13.5. The van der Waals surface area contributed by atoms with Gasteiger partial charge in [-0.15, -0.1) is 0 Å². The monoisotopic (exact) mass is 308 g/mol. The third-order valence-corrected chi connectivity index (χ3v) is 5.21. The van der Waals surface area contributed by atoms with Crippen molar-refractivity contribution in [3.05, 3.63) is 41.2 Å². The highest BCUT2D eigenvalue weighted by Crippen LogP contribution is 2.18. The van der Waals surface area contributed by atoms with Crippen molar-refractivity contribution in [2.45, 2.75) is 25.3 Å². The summed E-state index contributed by atoms with van der Waals surface area (Å²) in [6.07, 6.45) is 0. The first-order chi connectivity index (χ1) is 9.82. The van der Waals surface area contributed by atoms with Gasteiger partial charge in [0.05, 0.1) is 10.6 Å². The van der Waals surface area contributed by atoms with Gasteiger partial charge in [0, 0.05) is 37.6 Å². The highest BCUT2D eigenvalue weighted by atomic mass is 32.2. The highest BCUT2D eigenvalue weighted by molar-refractivity contribution is 7.89. The number of hydrogen-bond acceptors (Lipinski definition) is 4. The van der Waals surface area contributed by atoms with E-state index in [1.165, 1.54) is 18.4 Å². The second-order valence-electron chi connectivity index (χ2n) is 5.08. The van der Waals surface area contributed by atoms with Crippen molar-refractivity contribution < 1.29 is 8.42 Å².